The Bertz CT molecular complexity index is 923. The molecule has 0 unspecified atom stereocenters. The van der Waals surface area contributed by atoms with E-state index in [-0.39, 0.29) is 16.7 Å². The number of hydrogen-bond acceptors (Lipinski definition) is 5. The number of anilines is 1. The van der Waals surface area contributed by atoms with Crippen LogP contribution in [0.3, 0.4) is 0 Å². The maximum atomic E-state index is 12.6. The van der Waals surface area contributed by atoms with E-state index in [2.05, 4.69) is 26.0 Å². The van der Waals surface area contributed by atoms with Crippen molar-refractivity contribution in [1.82, 2.24) is 14.6 Å². The van der Waals surface area contributed by atoms with Gasteiger partial charge in [0.1, 0.15) is 0 Å². The molecule has 1 aliphatic heterocycles. The van der Waals surface area contributed by atoms with Crippen molar-refractivity contribution in [3.05, 3.63) is 54.4 Å². The zero-order valence-electron chi connectivity index (χ0n) is 17.5. The van der Waals surface area contributed by atoms with E-state index < -0.39 is 10.0 Å². The molecule has 1 aromatic heterocycles. The lowest BCUT2D eigenvalue weighted by molar-refractivity contribution is -0.118. The van der Waals surface area contributed by atoms with Gasteiger partial charge in [0, 0.05) is 37.1 Å². The second-order valence-electron chi connectivity index (χ2n) is 8.10. The number of aromatic nitrogens is 1. The van der Waals surface area contributed by atoms with Crippen LogP contribution in [0.15, 0.2) is 53.7 Å². The minimum Gasteiger partial charge on any atom is -0.326 e. The fourth-order valence-corrected chi connectivity index (χ4v) is 4.53. The molecule has 0 aliphatic carbocycles. The number of rotatable bonds is 8. The summed E-state index contributed by atoms with van der Waals surface area (Å²) < 4.78 is 28.0. The van der Waals surface area contributed by atoms with Crippen molar-refractivity contribution in [3.63, 3.8) is 0 Å². The molecule has 1 saturated heterocycles. The highest BCUT2D eigenvalue weighted by Gasteiger charge is 2.22. The fourth-order valence-electron chi connectivity index (χ4n) is 3.41. The summed E-state index contributed by atoms with van der Waals surface area (Å²) in [7, 11) is -3.57. The molecule has 0 spiro atoms. The van der Waals surface area contributed by atoms with Crippen molar-refractivity contribution in [2.75, 3.05) is 25.0 Å². The molecule has 1 amide bonds. The van der Waals surface area contributed by atoms with Crippen LogP contribution in [0, 0.1) is 11.8 Å². The zero-order chi connectivity index (χ0) is 21.6. The topological polar surface area (TPSA) is 91.4 Å². The highest BCUT2D eigenvalue weighted by molar-refractivity contribution is 7.89. The van der Waals surface area contributed by atoms with Gasteiger partial charge in [-0.15, -0.1) is 0 Å². The van der Waals surface area contributed by atoms with Crippen molar-refractivity contribution >= 4 is 21.6 Å². The maximum Gasteiger partial charge on any atom is 0.240 e. The van der Waals surface area contributed by atoms with Crippen LogP contribution in [0.1, 0.15) is 32.3 Å². The van der Waals surface area contributed by atoms with Gasteiger partial charge in [0.15, 0.2) is 0 Å². The largest absolute Gasteiger partial charge is 0.326 e. The lowest BCUT2D eigenvalue weighted by Gasteiger charge is -2.31. The summed E-state index contributed by atoms with van der Waals surface area (Å²) in [5.41, 5.74) is 1.79. The van der Waals surface area contributed by atoms with Crippen LogP contribution in [0.5, 0.6) is 0 Å². The first-order valence-electron chi connectivity index (χ1n) is 10.4. The second kappa shape index (κ2) is 10.1. The lowest BCUT2D eigenvalue weighted by atomic mass is 9.97. The standard InChI is InChI=1S/C22H30N4O3S/c1-17(2)22(27)25-20-5-7-21(8-6-20)30(28,29)24-15-18-9-12-26(13-10-18)16-19-4-3-11-23-14-19/h3-8,11,14,17-18,24H,9-10,12-13,15-16H2,1-2H3,(H,25,27). The van der Waals surface area contributed by atoms with E-state index in [4.69, 9.17) is 0 Å². The highest BCUT2D eigenvalue weighted by atomic mass is 32.2. The molecule has 0 radical (unpaired) electrons. The molecule has 162 valence electrons. The number of hydrogen-bond donors (Lipinski definition) is 2. The summed E-state index contributed by atoms with van der Waals surface area (Å²) in [4.78, 5) is 18.5. The highest BCUT2D eigenvalue weighted by Crippen LogP contribution is 2.20. The average molecular weight is 431 g/mol. The molecule has 0 bridgehead atoms. The number of carbonyl (C=O) groups is 1. The first-order chi connectivity index (χ1) is 14.3. The Morgan fingerprint density at radius 3 is 2.47 bits per heavy atom. The number of pyridine rings is 1. The van der Waals surface area contributed by atoms with Gasteiger partial charge in [0.2, 0.25) is 15.9 Å². The maximum absolute atomic E-state index is 12.6. The number of sulfonamides is 1. The fraction of sp³-hybridized carbons (Fsp3) is 0.455. The van der Waals surface area contributed by atoms with Crippen LogP contribution in [0.25, 0.3) is 0 Å². The molecule has 3 rings (SSSR count). The molecule has 2 heterocycles. The van der Waals surface area contributed by atoms with Crippen molar-refractivity contribution in [3.8, 4) is 0 Å². The Kier molecular flexibility index (Phi) is 7.58. The van der Waals surface area contributed by atoms with Crippen LogP contribution in [0.4, 0.5) is 5.69 Å². The molecule has 1 aliphatic rings. The monoisotopic (exact) mass is 430 g/mol. The summed E-state index contributed by atoms with van der Waals surface area (Å²) in [6.45, 7) is 6.83. The Morgan fingerprint density at radius 2 is 1.87 bits per heavy atom. The Labute approximate surface area is 178 Å². The smallest absolute Gasteiger partial charge is 0.240 e. The Morgan fingerprint density at radius 1 is 1.17 bits per heavy atom. The summed E-state index contributed by atoms with van der Waals surface area (Å²) in [6, 6.07) is 10.3. The lowest BCUT2D eigenvalue weighted by Crippen LogP contribution is -2.38. The van der Waals surface area contributed by atoms with Gasteiger partial charge in [-0.3, -0.25) is 14.7 Å². The molecular weight excluding hydrogens is 400 g/mol. The van der Waals surface area contributed by atoms with Crippen LogP contribution in [0.2, 0.25) is 0 Å². The molecule has 0 saturated carbocycles. The molecule has 7 nitrogen and oxygen atoms in total. The van der Waals surface area contributed by atoms with Gasteiger partial charge in [-0.25, -0.2) is 13.1 Å². The van der Waals surface area contributed by atoms with Crippen LogP contribution in [-0.4, -0.2) is 43.8 Å². The second-order valence-corrected chi connectivity index (χ2v) is 9.87. The molecule has 1 aromatic carbocycles. The third-order valence-electron chi connectivity index (χ3n) is 5.35. The normalized spacial score (nSPS) is 16.0. The predicted molar refractivity (Wildman–Crippen MR) is 117 cm³/mol. The first kappa shape index (κ1) is 22.4. The molecular formula is C22H30N4O3S. The summed E-state index contributed by atoms with van der Waals surface area (Å²) >= 11 is 0. The number of benzene rings is 1. The van der Waals surface area contributed by atoms with E-state index in [1.807, 2.05) is 12.3 Å². The Balaban J connectivity index is 1.46. The van der Waals surface area contributed by atoms with Gasteiger partial charge in [0.25, 0.3) is 0 Å². The number of nitrogens with zero attached hydrogens (tertiary/aromatic N) is 2. The number of amides is 1. The van der Waals surface area contributed by atoms with E-state index in [0.717, 1.165) is 32.5 Å². The molecule has 2 N–H and O–H groups in total. The van der Waals surface area contributed by atoms with Crippen LogP contribution < -0.4 is 10.0 Å². The van der Waals surface area contributed by atoms with E-state index in [0.29, 0.717) is 18.2 Å². The number of carbonyl (C=O) groups excluding carboxylic acids is 1. The molecule has 30 heavy (non-hydrogen) atoms. The van der Waals surface area contributed by atoms with Crippen molar-refractivity contribution in [2.45, 2.75) is 38.1 Å². The van der Waals surface area contributed by atoms with Gasteiger partial charge in [0.05, 0.1) is 4.90 Å². The van der Waals surface area contributed by atoms with E-state index in [1.54, 1.807) is 32.2 Å². The van der Waals surface area contributed by atoms with E-state index in [1.165, 1.54) is 17.7 Å². The minimum atomic E-state index is -3.57. The number of nitrogens with one attached hydrogen (secondary N) is 2. The quantitative estimate of drug-likeness (QED) is 0.672. The van der Waals surface area contributed by atoms with Gasteiger partial charge >= 0.3 is 0 Å². The predicted octanol–water partition coefficient (Wildman–Crippen LogP) is 2.87. The van der Waals surface area contributed by atoms with Crippen molar-refractivity contribution in [1.29, 1.82) is 0 Å². The number of likely N-dealkylation sites (tertiary alicyclic amines) is 1. The van der Waals surface area contributed by atoms with Gasteiger partial charge in [-0.1, -0.05) is 19.9 Å². The van der Waals surface area contributed by atoms with Gasteiger partial charge < -0.3 is 5.32 Å². The van der Waals surface area contributed by atoms with Crippen molar-refractivity contribution < 1.29 is 13.2 Å². The molecule has 2 aromatic rings. The summed E-state index contributed by atoms with van der Waals surface area (Å²) in [5.74, 6) is 0.0963. The van der Waals surface area contributed by atoms with Crippen molar-refractivity contribution in [2.24, 2.45) is 11.8 Å². The minimum absolute atomic E-state index is 0.0985. The first-order valence-corrected chi connectivity index (χ1v) is 11.8. The van der Waals surface area contributed by atoms with Gasteiger partial charge in [-0.2, -0.15) is 0 Å². The van der Waals surface area contributed by atoms with Crippen LogP contribution >= 0.6 is 0 Å². The Hall–Kier alpha value is -2.29. The van der Waals surface area contributed by atoms with Gasteiger partial charge in [-0.05, 0) is 67.7 Å². The third kappa shape index (κ3) is 6.35. The molecule has 1 fully saturated rings. The van der Waals surface area contributed by atoms with E-state index in [9.17, 15) is 13.2 Å². The zero-order valence-corrected chi connectivity index (χ0v) is 18.4. The number of piperidine rings is 1. The third-order valence-corrected chi connectivity index (χ3v) is 6.79. The molecule has 8 heteroatoms. The van der Waals surface area contributed by atoms with Crippen LogP contribution in [-0.2, 0) is 21.4 Å². The summed E-state index contributed by atoms with van der Waals surface area (Å²) in [6.07, 6.45) is 5.59. The summed E-state index contributed by atoms with van der Waals surface area (Å²) in [5, 5.41) is 2.76. The SMILES string of the molecule is CC(C)C(=O)Nc1ccc(S(=O)(=O)NCC2CCN(Cc3cccnc3)CC2)cc1. The van der Waals surface area contributed by atoms with E-state index >= 15 is 0 Å². The molecule has 0 atom stereocenters. The average Bonchev–Trinajstić information content (AvgIpc) is 2.74.